The van der Waals surface area contributed by atoms with Gasteiger partial charge in [0, 0.05) is 5.33 Å². The second-order valence-corrected chi connectivity index (χ2v) is 17.4. The second-order valence-electron chi connectivity index (χ2n) is 15.0. The highest BCUT2D eigenvalue weighted by Gasteiger charge is 2.82. The fourth-order valence-corrected chi connectivity index (χ4v) is 10.4. The van der Waals surface area contributed by atoms with Crippen molar-refractivity contribution in [3.05, 3.63) is 251 Å². The highest BCUT2D eigenvalue weighted by atomic mass is 79.9. The lowest BCUT2D eigenvalue weighted by Gasteiger charge is -2.57. The number of rotatable bonds is 15. The predicted molar refractivity (Wildman–Crippen MR) is 244 cm³/mol. The topological polar surface area (TPSA) is 138 Å². The van der Waals surface area contributed by atoms with Crippen LogP contribution in [-0.4, -0.2) is 46.2 Å². The number of benzene rings is 7. The van der Waals surface area contributed by atoms with Crippen LogP contribution < -0.4 is 0 Å². The maximum Gasteiger partial charge on any atom is 0.479 e. The van der Waals surface area contributed by atoms with E-state index in [0.717, 1.165) is 0 Å². The molecule has 7 aromatic rings. The smallest absolute Gasteiger partial charge is 0.451 e. The molecule has 1 saturated heterocycles. The number of carbonyl (C=O) groups excluding carboxylic acids is 2. The lowest BCUT2D eigenvalue weighted by atomic mass is 9.55. The Bertz CT molecular complexity index is 2390. The van der Waals surface area contributed by atoms with E-state index in [1.807, 2.05) is 0 Å². The number of phosphoric acid groups is 1. The van der Waals surface area contributed by atoms with Gasteiger partial charge in [-0.1, -0.05) is 228 Å². The summed E-state index contributed by atoms with van der Waals surface area (Å²) < 4.78 is 46.2. The van der Waals surface area contributed by atoms with Crippen molar-refractivity contribution in [1.29, 1.82) is 0 Å². The summed E-state index contributed by atoms with van der Waals surface area (Å²) in [7, 11) is -5.17. The van der Waals surface area contributed by atoms with Crippen LogP contribution >= 0.6 is 23.8 Å². The number of halogens is 1. The zero-order chi connectivity index (χ0) is 44.6. The van der Waals surface area contributed by atoms with E-state index in [2.05, 4.69) is 15.9 Å². The Morgan fingerprint density at radius 1 is 0.562 bits per heavy atom. The molecule has 1 aliphatic heterocycles. The highest BCUT2D eigenvalue weighted by molar-refractivity contribution is 9.09. The van der Waals surface area contributed by atoms with Crippen LogP contribution in [0.1, 0.15) is 51.2 Å². The molecule has 64 heavy (non-hydrogen) atoms. The molecule has 12 heteroatoms. The lowest BCUT2D eigenvalue weighted by molar-refractivity contribution is -0.329. The van der Waals surface area contributed by atoms with Gasteiger partial charge in [0.05, 0.1) is 6.61 Å². The monoisotopic (exact) mass is 938 g/mol. The molecule has 1 aliphatic rings. The third-order valence-electron chi connectivity index (χ3n) is 11.3. The van der Waals surface area contributed by atoms with Gasteiger partial charge in [0.15, 0.2) is 18.5 Å². The molecule has 3 atom stereocenters. The molecule has 0 aromatic heterocycles. The summed E-state index contributed by atoms with van der Waals surface area (Å²) in [5.41, 5.74) is -3.03. The molecule has 0 aliphatic carbocycles. The molecular weight excluding hydrogens is 895 g/mol. The van der Waals surface area contributed by atoms with Crippen LogP contribution in [-0.2, 0) is 42.6 Å². The minimum atomic E-state index is -5.17. The summed E-state index contributed by atoms with van der Waals surface area (Å²) >= 11 is 3.28. The molecule has 0 bridgehead atoms. The number of esters is 2. The quantitative estimate of drug-likeness (QED) is 0.0336. The number of ether oxygens (including phenoxy) is 2. The maximum atomic E-state index is 16.2. The average Bonchev–Trinajstić information content (AvgIpc) is 3.34. The Balaban J connectivity index is 1.48. The summed E-state index contributed by atoms with van der Waals surface area (Å²) in [6.45, 7) is -0.300. The highest BCUT2D eigenvalue weighted by Crippen LogP contribution is 2.69. The summed E-state index contributed by atoms with van der Waals surface area (Å²) in [4.78, 5) is 32.4. The molecule has 0 radical (unpaired) electrons. The molecule has 0 spiro atoms. The maximum absolute atomic E-state index is 16.2. The van der Waals surface area contributed by atoms with E-state index in [1.54, 1.807) is 212 Å². The van der Waals surface area contributed by atoms with E-state index < -0.39 is 54.9 Å². The molecule has 1 fully saturated rings. The van der Waals surface area contributed by atoms with Crippen molar-refractivity contribution in [2.75, 3.05) is 11.9 Å². The van der Waals surface area contributed by atoms with Gasteiger partial charge in [-0.05, 0) is 38.9 Å². The van der Waals surface area contributed by atoms with Crippen LogP contribution in [0.15, 0.2) is 212 Å². The molecule has 3 unspecified atom stereocenters. The first-order valence-corrected chi connectivity index (χ1v) is 23.1. The Kier molecular flexibility index (Phi) is 13.5. The first kappa shape index (κ1) is 44.6. The number of carbonyl (C=O) groups is 2. The van der Waals surface area contributed by atoms with Crippen molar-refractivity contribution in [3.8, 4) is 0 Å². The van der Waals surface area contributed by atoms with Gasteiger partial charge < -0.3 is 19.7 Å². The molecule has 7 aromatic carbocycles. The zero-order valence-electron chi connectivity index (χ0n) is 34.3. The van der Waals surface area contributed by atoms with E-state index in [9.17, 15) is 10.2 Å². The Morgan fingerprint density at radius 3 is 1.16 bits per heavy atom. The van der Waals surface area contributed by atoms with Gasteiger partial charge in [-0.15, -0.1) is 0 Å². The number of aliphatic hydroxyl groups excluding tert-OH is 1. The van der Waals surface area contributed by atoms with Crippen molar-refractivity contribution in [1.82, 2.24) is 0 Å². The van der Waals surface area contributed by atoms with Gasteiger partial charge in [-0.2, -0.15) is 0 Å². The third-order valence-corrected chi connectivity index (χ3v) is 13.1. The normalized spacial score (nSPS) is 19.5. The number of alkyl halides is 1. The van der Waals surface area contributed by atoms with E-state index in [0.29, 0.717) is 22.3 Å². The van der Waals surface area contributed by atoms with Crippen LogP contribution in [0.2, 0.25) is 0 Å². The number of hydrogen-bond acceptors (Lipinski definition) is 10. The molecule has 8 rings (SSSR count). The van der Waals surface area contributed by atoms with Gasteiger partial charge in [0.25, 0.3) is 5.41 Å². The first-order chi connectivity index (χ1) is 31.2. The molecule has 1 heterocycles. The minimum absolute atomic E-state index is 0.125. The molecular formula is C52H44BrO10P. The first-order valence-electron chi connectivity index (χ1n) is 20.6. The van der Waals surface area contributed by atoms with Gasteiger partial charge >= 0.3 is 19.8 Å². The minimum Gasteiger partial charge on any atom is -0.451 e. The SMILES string of the molecule is O=C(OC(c1ccccc1)c1ccccc1)C1(C(=O)OC(c2ccccc2)c2ccccc2)C(O)OP(=O)(OCCBr)OC1(O)C(c1ccccc1)(c1ccccc1)c1ccccc1. The van der Waals surface area contributed by atoms with Crippen molar-refractivity contribution in [2.24, 2.45) is 5.41 Å². The van der Waals surface area contributed by atoms with E-state index in [-0.39, 0.29) is 28.6 Å². The Labute approximate surface area is 379 Å². The number of aliphatic hydroxyl groups is 2. The van der Waals surface area contributed by atoms with Gasteiger partial charge in [-0.3, -0.25) is 18.6 Å². The predicted octanol–water partition coefficient (Wildman–Crippen LogP) is 10.2. The van der Waals surface area contributed by atoms with Crippen LogP contribution in [0.5, 0.6) is 0 Å². The fourth-order valence-electron chi connectivity index (χ4n) is 8.47. The van der Waals surface area contributed by atoms with Crippen LogP contribution in [0.4, 0.5) is 0 Å². The van der Waals surface area contributed by atoms with Crippen LogP contribution in [0.25, 0.3) is 0 Å². The van der Waals surface area contributed by atoms with Gasteiger partial charge in [-0.25, -0.2) is 9.09 Å². The van der Waals surface area contributed by atoms with Crippen LogP contribution in [0.3, 0.4) is 0 Å². The van der Waals surface area contributed by atoms with Crippen molar-refractivity contribution in [3.63, 3.8) is 0 Å². The summed E-state index contributed by atoms with van der Waals surface area (Å²) in [6.07, 6.45) is -5.30. The fraction of sp³-hybridized carbons (Fsp3) is 0.154. The van der Waals surface area contributed by atoms with Crippen LogP contribution in [0, 0.1) is 5.41 Å². The molecule has 0 saturated carbocycles. The zero-order valence-corrected chi connectivity index (χ0v) is 36.8. The third kappa shape index (κ3) is 8.17. The van der Waals surface area contributed by atoms with Gasteiger partial charge in [0.1, 0.15) is 5.41 Å². The van der Waals surface area contributed by atoms with Crippen molar-refractivity contribution >= 4 is 35.7 Å². The molecule has 0 amide bonds. The summed E-state index contributed by atoms with van der Waals surface area (Å²) in [5, 5.41) is 27.6. The van der Waals surface area contributed by atoms with Gasteiger partial charge in [0.2, 0.25) is 5.79 Å². The van der Waals surface area contributed by atoms with E-state index in [4.69, 9.17) is 23.0 Å². The number of hydrogen-bond donors (Lipinski definition) is 2. The lowest BCUT2D eigenvalue weighted by Crippen LogP contribution is -2.75. The largest absolute Gasteiger partial charge is 0.479 e. The van der Waals surface area contributed by atoms with E-state index >= 15 is 14.2 Å². The standard InChI is InChI=1S/C52H44BrO10P/c53-36-37-59-64(58)62-49(56)51(47(54)60-45(38-22-8-1-9-23-38)39-24-10-2-11-25-39,48(55)61-46(40-26-12-3-13-27-40)41-28-14-4-15-29-41)52(57,63-64)50(42-30-16-5-17-31-42,43-32-18-6-19-33-43)44-34-20-7-21-35-44/h1-35,45-46,49,56-57H,36-37H2. The molecule has 2 N–H and O–H groups in total. The second kappa shape index (κ2) is 19.4. The van der Waals surface area contributed by atoms with E-state index in [1.165, 1.54) is 0 Å². The average molecular weight is 940 g/mol. The van der Waals surface area contributed by atoms with Crippen molar-refractivity contribution < 1.29 is 47.4 Å². The molecule has 10 nitrogen and oxygen atoms in total. The summed E-state index contributed by atoms with van der Waals surface area (Å²) in [6, 6.07) is 60.6. The van der Waals surface area contributed by atoms with Crippen molar-refractivity contribution in [2.45, 2.75) is 29.7 Å². The molecule has 324 valence electrons. The Hall–Kier alpha value is -6.01. The number of phosphoric ester groups is 1. The Morgan fingerprint density at radius 2 is 0.859 bits per heavy atom. The summed E-state index contributed by atoms with van der Waals surface area (Å²) in [5.74, 6) is -6.55.